The molecule has 0 aliphatic heterocycles. The van der Waals surface area contributed by atoms with Crippen molar-refractivity contribution in [1.29, 1.82) is 0 Å². The highest BCUT2D eigenvalue weighted by Crippen LogP contribution is 2.02. The number of hydrogen-bond acceptors (Lipinski definition) is 4. The SMILES string of the molecule is CCC(C)N(C)CCNc1ccc(C)nn1. The van der Waals surface area contributed by atoms with Gasteiger partial charge in [-0.3, -0.25) is 0 Å². The van der Waals surface area contributed by atoms with Crippen molar-refractivity contribution in [3.05, 3.63) is 17.8 Å². The second kappa shape index (κ2) is 6.43. The molecule has 0 saturated heterocycles. The number of nitrogens with one attached hydrogen (secondary N) is 1. The van der Waals surface area contributed by atoms with E-state index in [1.807, 2.05) is 19.1 Å². The van der Waals surface area contributed by atoms with Gasteiger partial charge in [-0.05, 0) is 39.4 Å². The minimum atomic E-state index is 0.630. The second-order valence-corrected chi connectivity index (χ2v) is 4.22. The molecule has 16 heavy (non-hydrogen) atoms. The van der Waals surface area contributed by atoms with E-state index in [9.17, 15) is 0 Å². The molecule has 0 bridgehead atoms. The zero-order chi connectivity index (χ0) is 12.0. The maximum Gasteiger partial charge on any atom is 0.148 e. The Balaban J connectivity index is 2.27. The number of likely N-dealkylation sites (N-methyl/N-ethyl adjacent to an activating group) is 1. The molecule has 0 aromatic carbocycles. The molecule has 0 aliphatic rings. The van der Waals surface area contributed by atoms with Crippen LogP contribution in [0.2, 0.25) is 0 Å². The normalized spacial score (nSPS) is 12.8. The number of aromatic nitrogens is 2. The minimum absolute atomic E-state index is 0.630. The predicted octanol–water partition coefficient (Wildman–Crippen LogP) is 1.93. The molecule has 4 heteroatoms. The third-order valence-electron chi connectivity index (χ3n) is 2.91. The van der Waals surface area contributed by atoms with Crippen LogP contribution in [-0.2, 0) is 0 Å². The fourth-order valence-corrected chi connectivity index (χ4v) is 1.39. The summed E-state index contributed by atoms with van der Waals surface area (Å²) in [5, 5.41) is 11.3. The summed E-state index contributed by atoms with van der Waals surface area (Å²) in [7, 11) is 2.15. The zero-order valence-electron chi connectivity index (χ0n) is 10.7. The molecule has 0 spiro atoms. The Kier molecular flexibility index (Phi) is 5.19. The standard InChI is InChI=1S/C12H22N4/c1-5-11(3)16(4)9-8-13-12-7-6-10(2)14-15-12/h6-7,11H,5,8-9H2,1-4H3,(H,13,15). The van der Waals surface area contributed by atoms with Gasteiger partial charge in [0.25, 0.3) is 0 Å². The molecule has 1 rings (SSSR count). The van der Waals surface area contributed by atoms with Crippen LogP contribution in [0, 0.1) is 6.92 Å². The predicted molar refractivity (Wildman–Crippen MR) is 67.6 cm³/mol. The number of rotatable bonds is 6. The summed E-state index contributed by atoms with van der Waals surface area (Å²) in [6.07, 6.45) is 1.18. The zero-order valence-corrected chi connectivity index (χ0v) is 10.7. The minimum Gasteiger partial charge on any atom is -0.367 e. The van der Waals surface area contributed by atoms with Crippen molar-refractivity contribution in [3.8, 4) is 0 Å². The van der Waals surface area contributed by atoms with Crippen LogP contribution in [-0.4, -0.2) is 41.3 Å². The Morgan fingerprint density at radius 2 is 2.12 bits per heavy atom. The van der Waals surface area contributed by atoms with Gasteiger partial charge in [-0.15, -0.1) is 5.10 Å². The first-order valence-corrected chi connectivity index (χ1v) is 5.88. The fraction of sp³-hybridized carbons (Fsp3) is 0.667. The molecule has 0 amide bonds. The Bertz CT molecular complexity index is 296. The van der Waals surface area contributed by atoms with E-state index < -0.39 is 0 Å². The quantitative estimate of drug-likeness (QED) is 0.798. The largest absolute Gasteiger partial charge is 0.367 e. The van der Waals surface area contributed by atoms with Crippen LogP contribution in [0.4, 0.5) is 5.82 Å². The van der Waals surface area contributed by atoms with Crippen LogP contribution < -0.4 is 5.32 Å². The molecule has 4 nitrogen and oxygen atoms in total. The molecule has 0 radical (unpaired) electrons. The van der Waals surface area contributed by atoms with Gasteiger partial charge in [0, 0.05) is 19.1 Å². The van der Waals surface area contributed by atoms with Crippen LogP contribution in [0.5, 0.6) is 0 Å². The molecular formula is C12H22N4. The van der Waals surface area contributed by atoms with Crippen LogP contribution in [0.15, 0.2) is 12.1 Å². The molecule has 0 aliphatic carbocycles. The number of hydrogen-bond donors (Lipinski definition) is 1. The van der Waals surface area contributed by atoms with E-state index in [0.29, 0.717) is 6.04 Å². The fourth-order valence-electron chi connectivity index (χ4n) is 1.39. The van der Waals surface area contributed by atoms with Crippen molar-refractivity contribution in [2.75, 3.05) is 25.5 Å². The highest BCUT2D eigenvalue weighted by atomic mass is 15.2. The van der Waals surface area contributed by atoms with Gasteiger partial charge in [-0.1, -0.05) is 6.92 Å². The molecule has 0 fully saturated rings. The third kappa shape index (κ3) is 4.14. The third-order valence-corrected chi connectivity index (χ3v) is 2.91. The van der Waals surface area contributed by atoms with E-state index in [1.54, 1.807) is 0 Å². The first-order chi connectivity index (χ1) is 7.63. The van der Waals surface area contributed by atoms with Crippen molar-refractivity contribution in [2.45, 2.75) is 33.2 Å². The summed E-state index contributed by atoms with van der Waals surface area (Å²) in [5.74, 6) is 0.850. The van der Waals surface area contributed by atoms with Gasteiger partial charge in [0.15, 0.2) is 0 Å². The van der Waals surface area contributed by atoms with E-state index in [4.69, 9.17) is 0 Å². The lowest BCUT2D eigenvalue weighted by Gasteiger charge is -2.23. The van der Waals surface area contributed by atoms with Crippen molar-refractivity contribution in [3.63, 3.8) is 0 Å². The van der Waals surface area contributed by atoms with Gasteiger partial charge >= 0.3 is 0 Å². The lowest BCUT2D eigenvalue weighted by molar-refractivity contribution is 0.261. The van der Waals surface area contributed by atoms with Crippen molar-refractivity contribution in [1.82, 2.24) is 15.1 Å². The highest BCUT2D eigenvalue weighted by Gasteiger charge is 2.05. The molecule has 1 N–H and O–H groups in total. The van der Waals surface area contributed by atoms with E-state index in [2.05, 4.69) is 41.3 Å². The van der Waals surface area contributed by atoms with Crippen molar-refractivity contribution < 1.29 is 0 Å². The highest BCUT2D eigenvalue weighted by molar-refractivity contribution is 5.32. The Morgan fingerprint density at radius 1 is 1.38 bits per heavy atom. The van der Waals surface area contributed by atoms with Crippen LogP contribution in [0.1, 0.15) is 26.0 Å². The van der Waals surface area contributed by atoms with Gasteiger partial charge in [0.1, 0.15) is 5.82 Å². The molecule has 1 aromatic rings. The molecule has 0 saturated carbocycles. The molecule has 1 heterocycles. The Labute approximate surface area is 98.1 Å². The monoisotopic (exact) mass is 222 g/mol. The summed E-state index contributed by atoms with van der Waals surface area (Å²) >= 11 is 0. The maximum atomic E-state index is 4.06. The first-order valence-electron chi connectivity index (χ1n) is 5.88. The van der Waals surface area contributed by atoms with E-state index in [-0.39, 0.29) is 0 Å². The van der Waals surface area contributed by atoms with Crippen LogP contribution in [0.25, 0.3) is 0 Å². The van der Waals surface area contributed by atoms with Crippen LogP contribution in [0.3, 0.4) is 0 Å². The second-order valence-electron chi connectivity index (χ2n) is 4.22. The van der Waals surface area contributed by atoms with Crippen LogP contribution >= 0.6 is 0 Å². The molecule has 1 aromatic heterocycles. The van der Waals surface area contributed by atoms with Gasteiger partial charge in [-0.25, -0.2) is 0 Å². The average Bonchev–Trinajstić information content (AvgIpc) is 2.30. The van der Waals surface area contributed by atoms with Gasteiger partial charge in [-0.2, -0.15) is 5.10 Å². The van der Waals surface area contributed by atoms with E-state index in [1.165, 1.54) is 6.42 Å². The molecule has 90 valence electrons. The Hall–Kier alpha value is -1.16. The average molecular weight is 222 g/mol. The summed E-state index contributed by atoms with van der Waals surface area (Å²) in [5.41, 5.74) is 0.947. The smallest absolute Gasteiger partial charge is 0.148 e. The summed E-state index contributed by atoms with van der Waals surface area (Å²) < 4.78 is 0. The van der Waals surface area contributed by atoms with Crippen molar-refractivity contribution >= 4 is 5.82 Å². The number of nitrogens with zero attached hydrogens (tertiary/aromatic N) is 3. The van der Waals surface area contributed by atoms with Gasteiger partial charge < -0.3 is 10.2 Å². The summed E-state index contributed by atoms with van der Waals surface area (Å²) in [4.78, 5) is 2.34. The topological polar surface area (TPSA) is 41.0 Å². The Morgan fingerprint density at radius 3 is 2.69 bits per heavy atom. The molecule has 1 atom stereocenters. The molecule has 1 unspecified atom stereocenters. The van der Waals surface area contributed by atoms with Crippen molar-refractivity contribution in [2.24, 2.45) is 0 Å². The van der Waals surface area contributed by atoms with Gasteiger partial charge in [0.2, 0.25) is 0 Å². The number of anilines is 1. The summed E-state index contributed by atoms with van der Waals surface area (Å²) in [6, 6.07) is 4.56. The maximum absolute atomic E-state index is 4.06. The lowest BCUT2D eigenvalue weighted by Crippen LogP contribution is -2.32. The first kappa shape index (κ1) is 12.9. The summed E-state index contributed by atoms with van der Waals surface area (Å²) in [6.45, 7) is 8.31. The van der Waals surface area contributed by atoms with Gasteiger partial charge in [0.05, 0.1) is 5.69 Å². The lowest BCUT2D eigenvalue weighted by atomic mass is 10.2. The number of aryl methyl sites for hydroxylation is 1. The van der Waals surface area contributed by atoms with E-state index in [0.717, 1.165) is 24.6 Å². The molecular weight excluding hydrogens is 200 g/mol. The van der Waals surface area contributed by atoms with E-state index >= 15 is 0 Å².